The summed E-state index contributed by atoms with van der Waals surface area (Å²) in [5.41, 5.74) is 0. The number of rotatable bonds is 4. The predicted molar refractivity (Wildman–Crippen MR) is 77.2 cm³/mol. The summed E-state index contributed by atoms with van der Waals surface area (Å²) >= 11 is 7.52. The second-order valence-corrected chi connectivity index (χ2v) is 6.62. The van der Waals surface area contributed by atoms with Crippen LogP contribution in [0.4, 0.5) is 5.82 Å². The van der Waals surface area contributed by atoms with Crippen molar-refractivity contribution >= 4 is 35.1 Å². The molecule has 0 aliphatic heterocycles. The highest BCUT2D eigenvalue weighted by Gasteiger charge is 2.22. The number of hydrogen-bond acceptors (Lipinski definition) is 3. The van der Waals surface area contributed by atoms with Crippen LogP contribution < -0.4 is 5.32 Å². The lowest BCUT2D eigenvalue weighted by molar-refractivity contribution is -0.115. The fourth-order valence-corrected chi connectivity index (χ4v) is 3.53. The Balaban J connectivity index is 1.84. The van der Waals surface area contributed by atoms with Crippen molar-refractivity contribution in [1.82, 2.24) is 4.98 Å². The van der Waals surface area contributed by atoms with Crippen LogP contribution in [0.25, 0.3) is 0 Å². The fraction of sp³-hybridized carbons (Fsp3) is 0.538. The molecule has 0 radical (unpaired) electrons. The van der Waals surface area contributed by atoms with Crippen LogP contribution >= 0.6 is 23.4 Å². The van der Waals surface area contributed by atoms with Crippen LogP contribution in [0.5, 0.6) is 0 Å². The minimum absolute atomic E-state index is 0.0155. The molecule has 3 nitrogen and oxygen atoms in total. The zero-order valence-electron chi connectivity index (χ0n) is 10.4. The minimum Gasteiger partial charge on any atom is -0.310 e. The average molecular weight is 285 g/mol. The summed E-state index contributed by atoms with van der Waals surface area (Å²) in [5, 5.41) is 3.99. The summed E-state index contributed by atoms with van der Waals surface area (Å²) in [4.78, 5) is 16.0. The molecule has 1 N–H and O–H groups in total. The summed E-state index contributed by atoms with van der Waals surface area (Å²) in [5.74, 6) is 0.574. The molecule has 0 saturated heterocycles. The van der Waals surface area contributed by atoms with Gasteiger partial charge >= 0.3 is 0 Å². The monoisotopic (exact) mass is 284 g/mol. The maximum atomic E-state index is 12.0. The van der Waals surface area contributed by atoms with Crippen molar-refractivity contribution in [3.05, 3.63) is 23.4 Å². The molecule has 1 amide bonds. The molecule has 0 unspecified atom stereocenters. The molecule has 0 spiro atoms. The van der Waals surface area contributed by atoms with Crippen LogP contribution in [0.1, 0.15) is 32.6 Å². The lowest BCUT2D eigenvalue weighted by Gasteiger charge is -2.15. The zero-order valence-corrected chi connectivity index (χ0v) is 11.9. The van der Waals surface area contributed by atoms with Gasteiger partial charge < -0.3 is 5.32 Å². The lowest BCUT2D eigenvalue weighted by atomic mass is 10.4. The molecule has 1 aliphatic carbocycles. The number of aromatic nitrogens is 1. The highest BCUT2D eigenvalue weighted by molar-refractivity contribution is 8.01. The van der Waals surface area contributed by atoms with Gasteiger partial charge in [0.15, 0.2) is 0 Å². The van der Waals surface area contributed by atoms with E-state index in [1.54, 1.807) is 23.9 Å². The number of hydrogen-bond donors (Lipinski definition) is 1. The number of halogens is 1. The van der Waals surface area contributed by atoms with Crippen molar-refractivity contribution in [1.29, 1.82) is 0 Å². The van der Waals surface area contributed by atoms with E-state index in [4.69, 9.17) is 11.6 Å². The van der Waals surface area contributed by atoms with Gasteiger partial charge in [-0.15, -0.1) is 11.8 Å². The maximum Gasteiger partial charge on any atom is 0.238 e. The average Bonchev–Trinajstić information content (AvgIpc) is 2.85. The second kappa shape index (κ2) is 6.43. The van der Waals surface area contributed by atoms with Crippen LogP contribution in [0.15, 0.2) is 18.3 Å². The Labute approximate surface area is 117 Å². The lowest BCUT2D eigenvalue weighted by Crippen LogP contribution is -2.24. The molecule has 0 bridgehead atoms. The number of carbonyl (C=O) groups is 1. The molecule has 1 atom stereocenters. The molecule has 1 saturated carbocycles. The quantitative estimate of drug-likeness (QED) is 0.916. The smallest absolute Gasteiger partial charge is 0.238 e. The largest absolute Gasteiger partial charge is 0.310 e. The number of amides is 1. The molecular formula is C13H17ClN2OS. The SMILES string of the molecule is C[C@H](SC1CCCC1)C(=O)Nc1ccc(Cl)cn1. The molecule has 5 heteroatoms. The number of pyridine rings is 1. The first-order valence-corrected chi connectivity index (χ1v) is 7.55. The Hall–Kier alpha value is -0.740. The van der Waals surface area contributed by atoms with Crippen molar-refractivity contribution in [2.75, 3.05) is 5.32 Å². The predicted octanol–water partition coefficient (Wildman–Crippen LogP) is 3.74. The summed E-state index contributed by atoms with van der Waals surface area (Å²) < 4.78 is 0. The molecule has 1 fully saturated rings. The Bertz CT molecular complexity index is 404. The second-order valence-electron chi connectivity index (χ2n) is 4.54. The van der Waals surface area contributed by atoms with E-state index in [1.807, 2.05) is 6.92 Å². The van der Waals surface area contributed by atoms with Gasteiger partial charge in [-0.2, -0.15) is 0 Å². The van der Waals surface area contributed by atoms with E-state index in [1.165, 1.54) is 31.9 Å². The number of anilines is 1. The van der Waals surface area contributed by atoms with Crippen LogP contribution in [0.3, 0.4) is 0 Å². The first kappa shape index (κ1) is 13.7. The van der Waals surface area contributed by atoms with Gasteiger partial charge in [-0.1, -0.05) is 24.4 Å². The molecule has 0 aromatic carbocycles. The molecule has 1 aliphatic rings. The van der Waals surface area contributed by atoms with Gasteiger partial charge in [-0.3, -0.25) is 4.79 Å². The van der Waals surface area contributed by atoms with Gasteiger partial charge in [0.05, 0.1) is 10.3 Å². The number of thioether (sulfide) groups is 1. The Morgan fingerprint density at radius 1 is 1.50 bits per heavy atom. The third-order valence-electron chi connectivity index (χ3n) is 3.05. The fourth-order valence-electron chi connectivity index (χ4n) is 2.05. The summed E-state index contributed by atoms with van der Waals surface area (Å²) in [7, 11) is 0. The zero-order chi connectivity index (χ0) is 13.0. The van der Waals surface area contributed by atoms with E-state index in [0.29, 0.717) is 16.1 Å². The Kier molecular flexibility index (Phi) is 4.89. The van der Waals surface area contributed by atoms with Crippen molar-refractivity contribution in [3.8, 4) is 0 Å². The Morgan fingerprint density at radius 3 is 2.83 bits per heavy atom. The first-order valence-electron chi connectivity index (χ1n) is 6.23. The first-order chi connectivity index (χ1) is 8.65. The Morgan fingerprint density at radius 2 is 2.22 bits per heavy atom. The van der Waals surface area contributed by atoms with Gasteiger partial charge in [-0.25, -0.2) is 4.98 Å². The normalized spacial score (nSPS) is 17.7. The molecule has 1 heterocycles. The van der Waals surface area contributed by atoms with Gasteiger partial charge in [0, 0.05) is 11.4 Å². The minimum atomic E-state index is -0.0365. The van der Waals surface area contributed by atoms with Crippen LogP contribution in [-0.2, 0) is 4.79 Å². The van der Waals surface area contributed by atoms with Crippen molar-refractivity contribution in [3.63, 3.8) is 0 Å². The standard InChI is InChI=1S/C13H17ClN2OS/c1-9(18-11-4-2-3-5-11)13(17)16-12-7-6-10(14)8-15-12/h6-9,11H,2-5H2,1H3,(H,15,16,17)/t9-/m0/s1. The van der Waals surface area contributed by atoms with Gasteiger partial charge in [0.25, 0.3) is 0 Å². The van der Waals surface area contributed by atoms with Gasteiger partial charge in [0.1, 0.15) is 5.82 Å². The van der Waals surface area contributed by atoms with Gasteiger partial charge in [0.2, 0.25) is 5.91 Å². The van der Waals surface area contributed by atoms with Gasteiger partial charge in [-0.05, 0) is 31.9 Å². The van der Waals surface area contributed by atoms with E-state index in [2.05, 4.69) is 10.3 Å². The van der Waals surface area contributed by atoms with E-state index in [-0.39, 0.29) is 11.2 Å². The van der Waals surface area contributed by atoms with E-state index in [0.717, 1.165) is 0 Å². The topological polar surface area (TPSA) is 42.0 Å². The maximum absolute atomic E-state index is 12.0. The number of nitrogens with one attached hydrogen (secondary N) is 1. The molecule has 2 rings (SSSR count). The van der Waals surface area contributed by atoms with Crippen molar-refractivity contribution in [2.45, 2.75) is 43.1 Å². The van der Waals surface area contributed by atoms with Crippen LogP contribution in [0.2, 0.25) is 5.02 Å². The summed E-state index contributed by atoms with van der Waals surface area (Å²) in [6.45, 7) is 1.95. The van der Waals surface area contributed by atoms with Crippen LogP contribution in [0, 0.1) is 0 Å². The van der Waals surface area contributed by atoms with E-state index < -0.39 is 0 Å². The summed E-state index contributed by atoms with van der Waals surface area (Å²) in [6, 6.07) is 3.44. The number of nitrogens with zero attached hydrogens (tertiary/aromatic N) is 1. The third-order valence-corrected chi connectivity index (χ3v) is 4.75. The van der Waals surface area contributed by atoms with E-state index >= 15 is 0 Å². The van der Waals surface area contributed by atoms with Crippen molar-refractivity contribution in [2.24, 2.45) is 0 Å². The van der Waals surface area contributed by atoms with E-state index in [9.17, 15) is 4.79 Å². The third kappa shape index (κ3) is 3.89. The highest BCUT2D eigenvalue weighted by Crippen LogP contribution is 2.32. The number of carbonyl (C=O) groups excluding carboxylic acids is 1. The molecule has 1 aromatic rings. The summed E-state index contributed by atoms with van der Waals surface area (Å²) in [6.07, 6.45) is 6.60. The molecule has 98 valence electrons. The molecule has 1 aromatic heterocycles. The van der Waals surface area contributed by atoms with Crippen molar-refractivity contribution < 1.29 is 4.79 Å². The van der Waals surface area contributed by atoms with Crippen LogP contribution in [-0.4, -0.2) is 21.4 Å². The highest BCUT2D eigenvalue weighted by atomic mass is 35.5. The molecule has 18 heavy (non-hydrogen) atoms. The molecular weight excluding hydrogens is 268 g/mol.